The summed E-state index contributed by atoms with van der Waals surface area (Å²) < 4.78 is 0. The van der Waals surface area contributed by atoms with E-state index in [2.05, 4.69) is 15.1 Å². The van der Waals surface area contributed by atoms with Gasteiger partial charge in [0.15, 0.2) is 5.11 Å². The van der Waals surface area contributed by atoms with Gasteiger partial charge in [0.25, 0.3) is 0 Å². The average Bonchev–Trinajstić information content (AvgIpc) is 1.88. The lowest BCUT2D eigenvalue weighted by molar-refractivity contribution is -0.668. The first-order valence-electron chi connectivity index (χ1n) is 2.47. The quantitative estimate of drug-likeness (QED) is 0.254. The van der Waals surface area contributed by atoms with Crippen molar-refractivity contribution in [2.45, 2.75) is 0 Å². The number of hydrogen-bond donors (Lipinski definition) is 1. The van der Waals surface area contributed by atoms with Crippen LogP contribution < -0.4 is 9.76 Å². The summed E-state index contributed by atoms with van der Waals surface area (Å²) >= 11 is 0. The van der Waals surface area contributed by atoms with Gasteiger partial charge in [-0.2, -0.15) is 0 Å². The molecule has 0 atom stereocenters. The molecule has 0 aliphatic carbocycles. The maximum absolute atomic E-state index is 10.4. The molecule has 0 fully saturated rings. The zero-order chi connectivity index (χ0) is 7.40. The maximum atomic E-state index is 10.4. The van der Waals surface area contributed by atoms with E-state index in [1.54, 1.807) is 0 Å². The second kappa shape index (κ2) is 2.65. The predicted octanol–water partition coefficient (Wildman–Crippen LogP) is -0.103. The lowest BCUT2D eigenvalue weighted by Gasteiger charge is -1.86. The molecule has 0 amide bonds. The van der Waals surface area contributed by atoms with Crippen molar-refractivity contribution in [2.24, 2.45) is 5.11 Å². The highest BCUT2D eigenvalue weighted by molar-refractivity contribution is 5.19. The largest absolute Gasteiger partial charge is 0.594 e. The monoisotopic (exact) mass is 138 g/mol. The van der Waals surface area contributed by atoms with Gasteiger partial charge < -0.3 is 5.21 Å². The summed E-state index contributed by atoms with van der Waals surface area (Å²) in [7, 11) is 0. The van der Waals surface area contributed by atoms with Crippen LogP contribution in [0.5, 0.6) is 0 Å². The van der Waals surface area contributed by atoms with Crippen molar-refractivity contribution in [1.29, 1.82) is 5.53 Å². The Kier molecular flexibility index (Phi) is 1.67. The van der Waals surface area contributed by atoms with Gasteiger partial charge in [-0.05, 0) is 0 Å². The minimum absolute atomic E-state index is 0.132. The van der Waals surface area contributed by atoms with Crippen molar-refractivity contribution < 1.29 is 4.85 Å². The van der Waals surface area contributed by atoms with Crippen LogP contribution in [-0.2, 0) is 0 Å². The fourth-order valence-electron chi connectivity index (χ4n) is 0.475. The second-order valence-corrected chi connectivity index (χ2v) is 1.47. The number of rotatable bonds is 1. The van der Waals surface area contributed by atoms with Crippen LogP contribution in [0.15, 0.2) is 23.4 Å². The molecule has 0 bridgehead atoms. The Balaban J connectivity index is 3.06. The molecule has 50 valence electrons. The van der Waals surface area contributed by atoms with Crippen LogP contribution in [0.2, 0.25) is 0 Å². The summed E-state index contributed by atoms with van der Waals surface area (Å²) in [4.78, 5) is 3.06. The molecule has 1 heterocycles. The molecule has 0 radical (unpaired) electrons. The van der Waals surface area contributed by atoms with E-state index in [1.807, 2.05) is 0 Å². The second-order valence-electron chi connectivity index (χ2n) is 1.47. The van der Waals surface area contributed by atoms with Gasteiger partial charge in [-0.15, -0.1) is 0 Å². The molecule has 0 aromatic carbocycles. The summed E-state index contributed by atoms with van der Waals surface area (Å²) in [5, 5.41) is 17.0. The Bertz CT molecular complexity index is 279. The van der Waals surface area contributed by atoms with E-state index in [0.717, 1.165) is 0 Å². The third kappa shape index (κ3) is 1.33. The van der Waals surface area contributed by atoms with Gasteiger partial charge in [-0.3, -0.25) is 0 Å². The Morgan fingerprint density at radius 1 is 1.80 bits per heavy atom. The van der Waals surface area contributed by atoms with Crippen molar-refractivity contribution in [3.8, 4) is 0 Å². The number of hydrogen-bond acceptors (Lipinski definition) is 4. The molecule has 0 saturated carbocycles. The van der Waals surface area contributed by atoms with Crippen molar-refractivity contribution in [3.05, 3.63) is 23.5 Å². The fourth-order valence-corrected chi connectivity index (χ4v) is 0.475. The van der Waals surface area contributed by atoms with Crippen molar-refractivity contribution in [2.75, 3.05) is 0 Å². The molecule has 1 N–H and O–H groups in total. The molecule has 6 nitrogen and oxygen atoms in total. The van der Waals surface area contributed by atoms with Crippen LogP contribution in [0.3, 0.4) is 0 Å². The Morgan fingerprint density at radius 2 is 2.60 bits per heavy atom. The average molecular weight is 138 g/mol. The molecule has 1 rings (SSSR count). The van der Waals surface area contributed by atoms with E-state index in [9.17, 15) is 5.21 Å². The molecule has 0 unspecified atom stereocenters. The minimum Gasteiger partial charge on any atom is -0.594 e. The highest BCUT2D eigenvalue weighted by atomic mass is 16.5. The summed E-state index contributed by atoms with van der Waals surface area (Å²) in [5.74, 6) is 0.132. The van der Waals surface area contributed by atoms with Crippen molar-refractivity contribution in [1.82, 2.24) is 10.0 Å². The lowest BCUT2D eigenvalue weighted by atomic mass is 10.5. The van der Waals surface area contributed by atoms with E-state index < -0.39 is 0 Å². The molecule has 0 spiro atoms. The standard InChI is InChI=1S/C4H4N5O/c5-8-6-4-2-1-3-9(10)7-4/h1-3,5H/q+1. The van der Waals surface area contributed by atoms with Gasteiger partial charge in [0, 0.05) is 17.2 Å². The molecule has 1 aromatic heterocycles. The minimum atomic E-state index is 0.132. The third-order valence-electron chi connectivity index (χ3n) is 0.812. The number of nitrogens with zero attached hydrogens (tertiary/aromatic N) is 4. The fraction of sp³-hybridized carbons (Fsp3) is 0. The molecule has 0 aliphatic heterocycles. The van der Waals surface area contributed by atoms with E-state index in [0.29, 0.717) is 4.85 Å². The van der Waals surface area contributed by atoms with Crippen molar-refractivity contribution in [3.63, 3.8) is 0 Å². The molecule has 0 aliphatic rings. The zero-order valence-corrected chi connectivity index (χ0v) is 4.93. The first kappa shape index (κ1) is 6.31. The third-order valence-corrected chi connectivity index (χ3v) is 0.812. The Labute approximate surface area is 55.9 Å². The van der Waals surface area contributed by atoms with Crippen LogP contribution in [0.4, 0.5) is 5.82 Å². The van der Waals surface area contributed by atoms with Crippen LogP contribution in [-0.4, -0.2) is 5.10 Å². The molecule has 6 heteroatoms. The number of aromatic nitrogens is 2. The van der Waals surface area contributed by atoms with Crippen LogP contribution in [0, 0.1) is 10.7 Å². The Hall–Kier alpha value is -1.81. The molecular formula is C4H4N5O+. The van der Waals surface area contributed by atoms with Gasteiger partial charge in [0.05, 0.1) is 0 Å². The normalized spacial score (nSPS) is 8.40. The maximum Gasteiger partial charge on any atom is 0.307 e. The molecule has 10 heavy (non-hydrogen) atoms. The smallest absolute Gasteiger partial charge is 0.307 e. The van der Waals surface area contributed by atoms with E-state index >= 15 is 0 Å². The summed E-state index contributed by atoms with van der Waals surface area (Å²) in [5.41, 5.74) is 6.32. The highest BCUT2D eigenvalue weighted by Gasteiger charge is 1.99. The Morgan fingerprint density at radius 3 is 3.20 bits per heavy atom. The SMILES string of the molecule is N=[N+]=Nc1ccc[n+]([O-])n1. The first-order valence-corrected chi connectivity index (χ1v) is 2.47. The summed E-state index contributed by atoms with van der Waals surface area (Å²) in [6.07, 6.45) is 1.23. The van der Waals surface area contributed by atoms with Crippen LogP contribution >= 0.6 is 0 Å². The molecular weight excluding hydrogens is 134 g/mol. The van der Waals surface area contributed by atoms with Gasteiger partial charge in [-0.1, -0.05) is 4.85 Å². The van der Waals surface area contributed by atoms with Gasteiger partial charge in [0.1, 0.15) is 5.53 Å². The predicted molar refractivity (Wildman–Crippen MR) is 30.1 cm³/mol. The zero-order valence-electron chi connectivity index (χ0n) is 4.93. The van der Waals surface area contributed by atoms with Gasteiger partial charge >= 0.3 is 5.82 Å². The molecule has 1 aromatic rings. The topological polar surface area (TPSA) is 90.1 Å². The van der Waals surface area contributed by atoms with E-state index in [-0.39, 0.29) is 5.82 Å². The summed E-state index contributed by atoms with van der Waals surface area (Å²) in [6.45, 7) is 0. The van der Waals surface area contributed by atoms with Crippen LogP contribution in [0.25, 0.3) is 0 Å². The first-order chi connectivity index (χ1) is 4.83. The van der Waals surface area contributed by atoms with Gasteiger partial charge in [-0.25, -0.2) is 0 Å². The van der Waals surface area contributed by atoms with E-state index in [1.165, 1.54) is 18.3 Å². The highest BCUT2D eigenvalue weighted by Crippen LogP contribution is 1.98. The number of nitrogens with one attached hydrogen (secondary N) is 1. The van der Waals surface area contributed by atoms with Gasteiger partial charge in [0.2, 0.25) is 11.1 Å². The van der Waals surface area contributed by atoms with E-state index in [4.69, 9.17) is 5.53 Å². The molecule has 0 saturated heterocycles. The van der Waals surface area contributed by atoms with Crippen molar-refractivity contribution >= 4 is 5.82 Å². The van der Waals surface area contributed by atoms with Crippen LogP contribution in [0.1, 0.15) is 0 Å². The summed E-state index contributed by atoms with van der Waals surface area (Å²) in [6, 6.07) is 2.95. The lowest BCUT2D eigenvalue weighted by Crippen LogP contribution is -2.29.